The van der Waals surface area contributed by atoms with Crippen molar-refractivity contribution in [2.45, 2.75) is 18.5 Å². The second kappa shape index (κ2) is 12.1. The summed E-state index contributed by atoms with van der Waals surface area (Å²) >= 11 is 1.44. The lowest BCUT2D eigenvalue weighted by Gasteiger charge is -2.17. The van der Waals surface area contributed by atoms with Crippen molar-refractivity contribution in [2.75, 3.05) is 25.2 Å². The maximum Gasteiger partial charge on any atom is 0.335 e. The first kappa shape index (κ1) is 24.4. The average molecular weight is 447 g/mol. The topological polar surface area (TPSA) is 139 Å². The van der Waals surface area contributed by atoms with Gasteiger partial charge in [0.2, 0.25) is 5.91 Å². The van der Waals surface area contributed by atoms with Gasteiger partial charge in [-0.15, -0.1) is 0 Å². The number of aliphatic hydroxyl groups is 1. The molecule has 0 fully saturated rings. The van der Waals surface area contributed by atoms with Gasteiger partial charge >= 0.3 is 11.9 Å². The van der Waals surface area contributed by atoms with Crippen molar-refractivity contribution in [1.82, 2.24) is 5.32 Å². The fraction of sp³-hybridized carbons (Fsp3) is 0.318. The molecule has 2 atom stereocenters. The number of thioether (sulfide) groups is 1. The van der Waals surface area contributed by atoms with Crippen LogP contribution < -0.4 is 11.1 Å². The smallest absolute Gasteiger partial charge is 0.335 e. The van der Waals surface area contributed by atoms with Crippen molar-refractivity contribution in [1.29, 1.82) is 0 Å². The molecule has 0 aliphatic rings. The van der Waals surface area contributed by atoms with E-state index >= 15 is 0 Å². The second-order valence-electron chi connectivity index (χ2n) is 6.74. The molecule has 166 valence electrons. The Kier molecular flexibility index (Phi) is 9.51. The van der Waals surface area contributed by atoms with E-state index in [0.717, 1.165) is 23.8 Å². The van der Waals surface area contributed by atoms with Crippen molar-refractivity contribution in [2.24, 2.45) is 5.73 Å². The van der Waals surface area contributed by atoms with Crippen molar-refractivity contribution in [3.8, 4) is 11.1 Å². The van der Waals surface area contributed by atoms with Crippen LogP contribution in [0.5, 0.6) is 0 Å². The van der Waals surface area contributed by atoms with E-state index < -0.39 is 36.5 Å². The predicted octanol–water partition coefficient (Wildman–Crippen LogP) is 1.30. The number of aryl methyl sites for hydroxylation is 1. The molecule has 0 bridgehead atoms. The first-order chi connectivity index (χ1) is 14.9. The number of ether oxygens (including phenoxy) is 1. The molecule has 0 radical (unpaired) electrons. The average Bonchev–Trinajstić information content (AvgIpc) is 2.79. The van der Waals surface area contributed by atoms with Gasteiger partial charge in [-0.25, -0.2) is 9.59 Å². The molecule has 0 saturated heterocycles. The molecule has 8 nitrogen and oxygen atoms in total. The van der Waals surface area contributed by atoms with Gasteiger partial charge in [0.15, 0.2) is 6.04 Å². The molecule has 2 aromatic carbocycles. The molecule has 31 heavy (non-hydrogen) atoms. The van der Waals surface area contributed by atoms with Crippen LogP contribution in [0.2, 0.25) is 0 Å². The zero-order chi connectivity index (χ0) is 22.8. The molecule has 5 N–H and O–H groups in total. The largest absolute Gasteiger partial charge is 0.478 e. The number of hydrogen-bond donors (Lipinski definition) is 4. The van der Waals surface area contributed by atoms with E-state index in [1.165, 1.54) is 11.8 Å². The number of aliphatic hydroxyl groups excluding tert-OH is 1. The lowest BCUT2D eigenvalue weighted by molar-refractivity contribution is -0.146. The monoisotopic (exact) mass is 446 g/mol. The number of nitrogens with one attached hydrogen (secondary N) is 1. The number of aromatic carboxylic acids is 1. The molecule has 2 rings (SSSR count). The molecule has 0 spiro atoms. The Labute approximate surface area is 184 Å². The molecular formula is C22H26N2O6S. The fourth-order valence-corrected chi connectivity index (χ4v) is 3.84. The summed E-state index contributed by atoms with van der Waals surface area (Å²) < 4.78 is 4.50. The van der Waals surface area contributed by atoms with Crippen LogP contribution >= 0.6 is 11.8 Å². The highest BCUT2D eigenvalue weighted by Gasteiger charge is 2.23. The number of nitrogens with two attached hydrogens (primary N) is 1. The van der Waals surface area contributed by atoms with Gasteiger partial charge in [-0.2, -0.15) is 11.8 Å². The zero-order valence-corrected chi connectivity index (χ0v) is 17.9. The number of esters is 1. The first-order valence-corrected chi connectivity index (χ1v) is 10.8. The van der Waals surface area contributed by atoms with Crippen LogP contribution in [-0.2, 0) is 20.7 Å². The quantitative estimate of drug-likeness (QED) is 0.299. The maximum absolute atomic E-state index is 12.1. The molecule has 0 saturated carbocycles. The summed E-state index contributed by atoms with van der Waals surface area (Å²) in [7, 11) is 1.16. The van der Waals surface area contributed by atoms with E-state index in [1.54, 1.807) is 18.2 Å². The minimum Gasteiger partial charge on any atom is -0.478 e. The fourth-order valence-electron chi connectivity index (χ4n) is 2.90. The van der Waals surface area contributed by atoms with Gasteiger partial charge in [0.1, 0.15) is 0 Å². The Hall–Kier alpha value is -2.88. The van der Waals surface area contributed by atoms with Gasteiger partial charge in [-0.3, -0.25) is 4.79 Å². The van der Waals surface area contributed by atoms with Crippen molar-refractivity contribution in [3.05, 3.63) is 59.7 Å². The summed E-state index contributed by atoms with van der Waals surface area (Å²) in [6, 6.07) is 12.7. The van der Waals surface area contributed by atoms with E-state index in [2.05, 4.69) is 10.1 Å². The highest BCUT2D eigenvalue weighted by Crippen LogP contribution is 2.26. The minimum absolute atomic E-state index is 0.216. The molecule has 0 heterocycles. The summed E-state index contributed by atoms with van der Waals surface area (Å²) in [5.74, 6) is -1.39. The van der Waals surface area contributed by atoms with Crippen LogP contribution in [0.3, 0.4) is 0 Å². The van der Waals surface area contributed by atoms with E-state index in [1.807, 2.05) is 30.3 Å². The summed E-state index contributed by atoms with van der Waals surface area (Å²) in [5.41, 5.74) is 8.94. The van der Waals surface area contributed by atoms with Crippen LogP contribution in [0.15, 0.2) is 48.5 Å². The van der Waals surface area contributed by atoms with Crippen LogP contribution in [-0.4, -0.2) is 65.4 Å². The molecule has 0 unspecified atom stereocenters. The summed E-state index contributed by atoms with van der Waals surface area (Å²) in [4.78, 5) is 34.9. The maximum atomic E-state index is 12.1. The van der Waals surface area contributed by atoms with E-state index in [4.69, 9.17) is 5.73 Å². The number of methoxy groups -OCH3 is 1. The molecule has 0 aromatic heterocycles. The van der Waals surface area contributed by atoms with Gasteiger partial charge in [-0.1, -0.05) is 36.4 Å². The third kappa shape index (κ3) is 7.09. The van der Waals surface area contributed by atoms with E-state index in [-0.39, 0.29) is 5.56 Å². The summed E-state index contributed by atoms with van der Waals surface area (Å²) in [6.07, 6.45) is 0.589. The number of carbonyl (C=O) groups is 3. The zero-order valence-electron chi connectivity index (χ0n) is 17.1. The standard InChI is InChI=1S/C22H26N2O6S/c1-30-22(29)19(12-25)24-20(26)18(23)13-31-10-9-15-11-16(21(27)28)7-8-17(15)14-5-3-2-4-6-14/h2-8,11,18-19,25H,9-10,12-13,23H2,1H3,(H,24,26)(H,27,28)/t18-,19-/m0/s1. The summed E-state index contributed by atoms with van der Waals surface area (Å²) in [6.45, 7) is -0.583. The normalized spacial score (nSPS) is 12.6. The lowest BCUT2D eigenvalue weighted by atomic mass is 9.96. The molecule has 0 aliphatic carbocycles. The number of benzene rings is 2. The van der Waals surface area contributed by atoms with Crippen LogP contribution in [0.25, 0.3) is 11.1 Å². The third-order valence-electron chi connectivity index (χ3n) is 4.57. The molecule has 0 aliphatic heterocycles. The van der Waals surface area contributed by atoms with Crippen molar-refractivity contribution < 1.29 is 29.3 Å². The number of carboxylic acids is 1. The number of rotatable bonds is 11. The van der Waals surface area contributed by atoms with Crippen LogP contribution in [0.4, 0.5) is 0 Å². The van der Waals surface area contributed by atoms with Gasteiger partial charge in [0.05, 0.1) is 25.3 Å². The summed E-state index contributed by atoms with van der Waals surface area (Å²) in [5, 5.41) is 20.8. The lowest BCUT2D eigenvalue weighted by Crippen LogP contribution is -2.51. The second-order valence-corrected chi connectivity index (χ2v) is 7.89. The molecule has 1 amide bonds. The highest BCUT2D eigenvalue weighted by atomic mass is 32.2. The molecule has 9 heteroatoms. The van der Waals surface area contributed by atoms with E-state index in [0.29, 0.717) is 17.9 Å². The SMILES string of the molecule is COC(=O)[C@H](CO)NC(=O)[C@@H](N)CSCCc1cc(C(=O)O)ccc1-c1ccccc1. The molecule has 2 aromatic rings. The number of carbonyl (C=O) groups excluding carboxylic acids is 2. The molecular weight excluding hydrogens is 420 g/mol. The van der Waals surface area contributed by atoms with Crippen LogP contribution in [0.1, 0.15) is 15.9 Å². The Balaban J connectivity index is 1.97. The highest BCUT2D eigenvalue weighted by molar-refractivity contribution is 7.99. The Morgan fingerprint density at radius 3 is 2.48 bits per heavy atom. The van der Waals surface area contributed by atoms with Gasteiger partial charge in [0, 0.05) is 5.75 Å². The van der Waals surface area contributed by atoms with Crippen molar-refractivity contribution in [3.63, 3.8) is 0 Å². The number of hydrogen-bond acceptors (Lipinski definition) is 7. The minimum atomic E-state index is -1.15. The predicted molar refractivity (Wildman–Crippen MR) is 119 cm³/mol. The van der Waals surface area contributed by atoms with Gasteiger partial charge in [-0.05, 0) is 41.0 Å². The number of carboxylic acid groups (broad SMARTS) is 1. The van der Waals surface area contributed by atoms with Crippen molar-refractivity contribution >= 4 is 29.6 Å². The van der Waals surface area contributed by atoms with Gasteiger partial charge in [0.25, 0.3) is 0 Å². The Bertz CT molecular complexity index is 906. The van der Waals surface area contributed by atoms with Crippen LogP contribution in [0, 0.1) is 0 Å². The first-order valence-electron chi connectivity index (χ1n) is 9.61. The third-order valence-corrected chi connectivity index (χ3v) is 5.66. The number of amides is 1. The Morgan fingerprint density at radius 2 is 1.87 bits per heavy atom. The van der Waals surface area contributed by atoms with Gasteiger partial charge < -0.3 is 26.0 Å². The van der Waals surface area contributed by atoms with E-state index in [9.17, 15) is 24.6 Å². The Morgan fingerprint density at radius 1 is 1.16 bits per heavy atom.